The Kier molecular flexibility index (Phi) is 11.9. The minimum absolute atomic E-state index is 0.0306. The zero-order chi connectivity index (χ0) is 48.6. The van der Waals surface area contributed by atoms with Gasteiger partial charge in [0.25, 0.3) is 22.5 Å². The van der Waals surface area contributed by atoms with Gasteiger partial charge in [0.1, 0.15) is 0 Å². The number of hydrogen-bond acceptors (Lipinski definition) is 8. The fourth-order valence-corrected chi connectivity index (χ4v) is 9.46. The van der Waals surface area contributed by atoms with Gasteiger partial charge in [-0.25, -0.2) is 0 Å². The van der Waals surface area contributed by atoms with E-state index >= 15 is 0 Å². The molecular weight excluding hydrogens is 951 g/mol. The molecule has 0 bridgehead atoms. The van der Waals surface area contributed by atoms with Crippen LogP contribution in [0.15, 0.2) is 208 Å². The monoisotopic (exact) mass is 986 g/mol. The number of hydrogen-bond donors (Lipinski definition) is 4. The summed E-state index contributed by atoms with van der Waals surface area (Å²) in [5.74, 6) is 0. The number of nitro groups is 2. The maximum atomic E-state index is 13.3. The Hall–Kier alpha value is -8.96. The van der Waals surface area contributed by atoms with Crippen LogP contribution in [-0.4, -0.2) is 46.1 Å². The number of nitrogens with zero attached hydrogens (tertiary/aromatic N) is 4. The zero-order valence-corrected chi connectivity index (χ0v) is 38.1. The Morgan fingerprint density at radius 2 is 0.929 bits per heavy atom. The van der Waals surface area contributed by atoms with Crippen molar-refractivity contribution >= 4 is 105 Å². The van der Waals surface area contributed by atoms with Crippen LogP contribution in [0, 0.1) is 20.2 Å². The molecule has 4 aromatic heterocycles. The lowest BCUT2D eigenvalue weighted by Gasteiger charge is -2.09. The molecule has 0 amide bonds. The van der Waals surface area contributed by atoms with E-state index in [1.165, 1.54) is 30.3 Å². The highest BCUT2D eigenvalue weighted by molar-refractivity contribution is 9.10. The first-order valence-corrected chi connectivity index (χ1v) is 22.6. The summed E-state index contributed by atoms with van der Waals surface area (Å²) in [7, 11) is -1.80. The molecule has 0 atom stereocenters. The molecule has 0 radical (unpaired) electrons. The summed E-state index contributed by atoms with van der Waals surface area (Å²) in [5.41, 5.74) is 7.82. The summed E-state index contributed by atoms with van der Waals surface area (Å²) in [4.78, 5) is 53.1. The van der Waals surface area contributed by atoms with Crippen LogP contribution in [0.4, 0.5) is 11.4 Å². The number of halogens is 1. The lowest BCUT2D eigenvalue weighted by molar-refractivity contribution is -0.384. The number of nitro benzene ring substituents is 2. The topological polar surface area (TPSA) is 202 Å². The van der Waals surface area contributed by atoms with Crippen LogP contribution in [0.1, 0.15) is 0 Å². The van der Waals surface area contributed by atoms with Crippen molar-refractivity contribution in [1.82, 2.24) is 19.1 Å². The number of pyridine rings is 2. The van der Waals surface area contributed by atoms with Crippen molar-refractivity contribution in [1.29, 1.82) is 0 Å². The van der Waals surface area contributed by atoms with Crippen LogP contribution < -0.4 is 16.6 Å². The second-order valence-corrected chi connectivity index (χ2v) is 17.1. The Bertz CT molecular complexity index is 4140. The molecule has 14 nitrogen and oxygen atoms in total. The summed E-state index contributed by atoms with van der Waals surface area (Å²) >= 11 is 3.54. The molecule has 0 aliphatic carbocycles. The highest BCUT2D eigenvalue weighted by atomic mass is 79.9. The molecule has 0 aliphatic rings. The van der Waals surface area contributed by atoms with Crippen molar-refractivity contribution in [2.24, 2.45) is 0 Å². The van der Waals surface area contributed by atoms with E-state index in [-0.39, 0.29) is 32.9 Å². The summed E-state index contributed by atoms with van der Waals surface area (Å²) in [6.45, 7) is 0. The summed E-state index contributed by atoms with van der Waals surface area (Å²) in [6.07, 6.45) is 0. The van der Waals surface area contributed by atoms with Gasteiger partial charge < -0.3 is 29.2 Å². The van der Waals surface area contributed by atoms with Crippen molar-refractivity contribution in [3.8, 4) is 22.5 Å². The highest BCUT2D eigenvalue weighted by Crippen LogP contribution is 2.39. The van der Waals surface area contributed by atoms with Crippen LogP contribution in [0.2, 0.25) is 0 Å². The van der Waals surface area contributed by atoms with E-state index < -0.39 is 12.0 Å². The van der Waals surface area contributed by atoms with E-state index in [1.807, 2.05) is 121 Å². The Balaban J connectivity index is 0.000000135. The number of aromatic nitrogens is 4. The third-order valence-corrected chi connectivity index (χ3v) is 12.6. The molecule has 340 valence electrons. The molecule has 4 N–H and O–H groups in total. The van der Waals surface area contributed by atoms with Gasteiger partial charge in [-0.1, -0.05) is 125 Å². The predicted molar refractivity (Wildman–Crippen MR) is 281 cm³/mol. The largest absolute Gasteiger partial charge is 0.495 e. The third-order valence-electron chi connectivity index (χ3n) is 12.1. The number of nitrogens with one attached hydrogen (secondary N) is 2. The molecule has 12 rings (SSSR count). The van der Waals surface area contributed by atoms with Gasteiger partial charge in [0.05, 0.1) is 64.7 Å². The first-order valence-electron chi connectivity index (χ1n) is 21.8. The molecule has 16 heteroatoms. The van der Waals surface area contributed by atoms with E-state index in [4.69, 9.17) is 10.0 Å². The van der Waals surface area contributed by atoms with Crippen LogP contribution >= 0.6 is 15.9 Å². The average Bonchev–Trinajstić information content (AvgIpc) is 3.91. The Morgan fingerprint density at radius 1 is 0.486 bits per heavy atom. The maximum absolute atomic E-state index is 13.3. The van der Waals surface area contributed by atoms with Crippen molar-refractivity contribution in [2.75, 3.05) is 0 Å². The fourth-order valence-electron chi connectivity index (χ4n) is 9.10. The van der Waals surface area contributed by atoms with E-state index in [1.54, 1.807) is 18.2 Å². The van der Waals surface area contributed by atoms with Gasteiger partial charge in [0, 0.05) is 49.5 Å². The summed E-state index contributed by atoms with van der Waals surface area (Å²) < 4.78 is 5.22. The summed E-state index contributed by atoms with van der Waals surface area (Å²) in [6, 6.07) is 59.6. The minimum atomic E-state index is -1.80. The molecule has 0 saturated heterocycles. The zero-order valence-electron chi connectivity index (χ0n) is 36.6. The first kappa shape index (κ1) is 44.9. The molecule has 0 saturated carbocycles. The fraction of sp³-hybridized carbons (Fsp3) is 0. The molecule has 0 fully saturated rings. The number of rotatable bonds is 6. The number of benzene rings is 8. The van der Waals surface area contributed by atoms with Crippen molar-refractivity contribution in [3.63, 3.8) is 0 Å². The normalized spacial score (nSPS) is 11.1. The third kappa shape index (κ3) is 8.07. The molecule has 70 heavy (non-hydrogen) atoms. The molecule has 12 aromatic rings. The number of aromatic amines is 2. The Labute approximate surface area is 404 Å². The number of para-hydroxylation sites is 6. The molecule has 0 spiro atoms. The van der Waals surface area contributed by atoms with E-state index in [0.29, 0.717) is 16.5 Å². The predicted octanol–water partition coefficient (Wildman–Crippen LogP) is 10.9. The van der Waals surface area contributed by atoms with Gasteiger partial charge in [-0.3, -0.25) is 29.8 Å². The lowest BCUT2D eigenvalue weighted by atomic mass is 9.79. The highest BCUT2D eigenvalue weighted by Gasteiger charge is 2.23. The average molecular weight is 988 g/mol. The van der Waals surface area contributed by atoms with E-state index in [2.05, 4.69) is 59.3 Å². The maximum Gasteiger partial charge on any atom is 0.495 e. The van der Waals surface area contributed by atoms with Gasteiger partial charge in [-0.05, 0) is 78.4 Å². The van der Waals surface area contributed by atoms with Crippen LogP contribution in [0.25, 0.3) is 87.9 Å². The van der Waals surface area contributed by atoms with Gasteiger partial charge >= 0.3 is 7.12 Å². The second-order valence-electron chi connectivity index (χ2n) is 16.1. The number of fused-ring (bicyclic) bond motifs is 10. The van der Waals surface area contributed by atoms with Crippen molar-refractivity contribution in [2.45, 2.75) is 0 Å². The SMILES string of the molecule is O=[N+]([O-])c1ccccc1B(O)O.O=c1[nH]c2ccccc2c2c1c1cc(-c3ccccc3[N+](=O)[O-])ccc1n2-c1ccccc1.O=c1[nH]c2ccccc2c2c1c1cc(Br)ccc1n2-c1ccccc1. The van der Waals surface area contributed by atoms with E-state index in [0.717, 1.165) is 75.9 Å². The van der Waals surface area contributed by atoms with Gasteiger partial charge in [0.2, 0.25) is 0 Å². The van der Waals surface area contributed by atoms with Gasteiger partial charge in [-0.2, -0.15) is 0 Å². The minimum Gasteiger partial charge on any atom is -0.423 e. The molecule has 4 heterocycles. The quantitative estimate of drug-likeness (QED) is 0.0715. The standard InChI is InChI=1S/C27H17N3O3.C21H13BrN2O.C6H6BNO4/c31-27-25-21-16-17(19-10-5-7-13-24(19)30(32)33)14-15-23(21)29(18-8-2-1-3-9-18)26(25)20-11-4-6-12-22(20)28-27;22-13-10-11-18-16(12-13)19-20(24(18)14-6-2-1-3-7-14)15-8-4-5-9-17(15)23-21(19)25;9-7(10)5-3-1-2-4-6(5)8(11)12/h1-16H,(H,28,31);1-12H,(H,23,25);1-4,9-10H. The smallest absolute Gasteiger partial charge is 0.423 e. The second kappa shape index (κ2) is 18.6. The molecular formula is C54H36BBrN6O8. The van der Waals surface area contributed by atoms with Crippen LogP contribution in [0.5, 0.6) is 0 Å². The van der Waals surface area contributed by atoms with E-state index in [9.17, 15) is 29.8 Å². The molecule has 8 aromatic carbocycles. The number of H-pyrrole nitrogens is 2. The first-order chi connectivity index (χ1) is 34.0. The van der Waals surface area contributed by atoms with Gasteiger partial charge in [-0.15, -0.1) is 0 Å². The molecule has 0 unspecified atom stereocenters. The molecule has 0 aliphatic heterocycles. The lowest BCUT2D eigenvalue weighted by Crippen LogP contribution is -2.31. The van der Waals surface area contributed by atoms with Crippen LogP contribution in [-0.2, 0) is 0 Å². The van der Waals surface area contributed by atoms with Crippen LogP contribution in [0.3, 0.4) is 0 Å². The Morgan fingerprint density at radius 3 is 1.44 bits per heavy atom. The summed E-state index contributed by atoms with van der Waals surface area (Å²) in [5, 5.41) is 44.3. The van der Waals surface area contributed by atoms with Crippen molar-refractivity contribution < 1.29 is 19.9 Å². The van der Waals surface area contributed by atoms with Gasteiger partial charge in [0.15, 0.2) is 0 Å². The van der Waals surface area contributed by atoms with Crippen molar-refractivity contribution in [3.05, 3.63) is 240 Å².